The topological polar surface area (TPSA) is 104 Å². The van der Waals surface area contributed by atoms with Crippen LogP contribution in [0.4, 0.5) is 0 Å². The lowest BCUT2D eigenvalue weighted by molar-refractivity contribution is 0.0848. The van der Waals surface area contributed by atoms with E-state index >= 15 is 0 Å². The predicted molar refractivity (Wildman–Crippen MR) is 113 cm³/mol. The molecule has 0 aliphatic heterocycles. The van der Waals surface area contributed by atoms with Gasteiger partial charge in [-0.1, -0.05) is 6.92 Å². The second kappa shape index (κ2) is 8.25. The molecule has 1 aliphatic carbocycles. The summed E-state index contributed by atoms with van der Waals surface area (Å²) >= 11 is 1.46. The van der Waals surface area contributed by atoms with Crippen LogP contribution in [-0.2, 0) is 22.9 Å². The SMILES string of the molecule is CNS(=O)(=O)c1cc(C(=O)NNC(=O)c2cc3c(s2)CCC(C)C3)cc(C)c1C. The molecule has 0 saturated carbocycles. The van der Waals surface area contributed by atoms with Crippen molar-refractivity contribution in [3.05, 3.63) is 50.2 Å². The summed E-state index contributed by atoms with van der Waals surface area (Å²) in [5.74, 6) is -0.346. The van der Waals surface area contributed by atoms with E-state index in [0.717, 1.165) is 19.3 Å². The number of hydrazine groups is 1. The van der Waals surface area contributed by atoms with Gasteiger partial charge in [0.05, 0.1) is 9.77 Å². The van der Waals surface area contributed by atoms with Crippen LogP contribution in [0.1, 0.15) is 54.9 Å². The Hall–Kier alpha value is -2.23. The second-order valence-electron chi connectivity index (χ2n) is 7.44. The molecule has 156 valence electrons. The number of hydrogen-bond donors (Lipinski definition) is 3. The Morgan fingerprint density at radius 3 is 2.48 bits per heavy atom. The fraction of sp³-hybridized carbons (Fsp3) is 0.400. The van der Waals surface area contributed by atoms with Gasteiger partial charge in [0.1, 0.15) is 0 Å². The largest absolute Gasteiger partial charge is 0.279 e. The van der Waals surface area contributed by atoms with Crippen molar-refractivity contribution in [2.45, 2.75) is 44.9 Å². The summed E-state index contributed by atoms with van der Waals surface area (Å²) in [6.07, 6.45) is 3.07. The fourth-order valence-electron chi connectivity index (χ4n) is 3.41. The van der Waals surface area contributed by atoms with Crippen molar-refractivity contribution in [2.24, 2.45) is 5.92 Å². The molecule has 0 radical (unpaired) electrons. The van der Waals surface area contributed by atoms with Crippen molar-refractivity contribution < 1.29 is 18.0 Å². The monoisotopic (exact) mass is 435 g/mol. The van der Waals surface area contributed by atoms with Gasteiger partial charge in [-0.25, -0.2) is 13.1 Å². The van der Waals surface area contributed by atoms with E-state index in [1.54, 1.807) is 19.9 Å². The van der Waals surface area contributed by atoms with E-state index in [-0.39, 0.29) is 16.4 Å². The molecule has 1 aromatic heterocycles. The van der Waals surface area contributed by atoms with E-state index in [0.29, 0.717) is 21.9 Å². The summed E-state index contributed by atoms with van der Waals surface area (Å²) < 4.78 is 26.7. The molecule has 3 N–H and O–H groups in total. The third-order valence-electron chi connectivity index (χ3n) is 5.28. The number of fused-ring (bicyclic) bond motifs is 1. The average molecular weight is 436 g/mol. The number of nitrogens with one attached hydrogen (secondary N) is 3. The first-order chi connectivity index (χ1) is 13.6. The summed E-state index contributed by atoms with van der Waals surface area (Å²) in [4.78, 5) is 26.8. The minimum Gasteiger partial charge on any atom is -0.267 e. The Balaban J connectivity index is 1.73. The van der Waals surface area contributed by atoms with Gasteiger partial charge < -0.3 is 0 Å². The molecule has 0 bridgehead atoms. The van der Waals surface area contributed by atoms with E-state index in [1.807, 2.05) is 6.07 Å². The molecular weight excluding hydrogens is 410 g/mol. The molecule has 0 saturated heterocycles. The molecular formula is C20H25N3O4S2. The third-order valence-corrected chi connectivity index (χ3v) is 8.06. The van der Waals surface area contributed by atoms with Crippen LogP contribution in [0.3, 0.4) is 0 Å². The highest BCUT2D eigenvalue weighted by Crippen LogP contribution is 2.32. The lowest BCUT2D eigenvalue weighted by atomic mass is 9.90. The van der Waals surface area contributed by atoms with Crippen molar-refractivity contribution in [3.8, 4) is 0 Å². The highest BCUT2D eigenvalue weighted by molar-refractivity contribution is 7.89. The third kappa shape index (κ3) is 4.52. The van der Waals surface area contributed by atoms with Crippen molar-refractivity contribution in [2.75, 3.05) is 7.05 Å². The van der Waals surface area contributed by atoms with Gasteiger partial charge in [-0.15, -0.1) is 11.3 Å². The molecule has 1 unspecified atom stereocenters. The summed E-state index contributed by atoms with van der Waals surface area (Å²) in [7, 11) is -2.39. The van der Waals surface area contributed by atoms with Gasteiger partial charge in [0, 0.05) is 10.4 Å². The van der Waals surface area contributed by atoms with Crippen LogP contribution in [-0.4, -0.2) is 27.3 Å². The highest BCUT2D eigenvalue weighted by Gasteiger charge is 2.22. The summed E-state index contributed by atoms with van der Waals surface area (Å²) in [5, 5.41) is 0. The number of carbonyl (C=O) groups excluding carboxylic acids is 2. The van der Waals surface area contributed by atoms with Gasteiger partial charge in [-0.3, -0.25) is 20.4 Å². The average Bonchev–Trinajstić information content (AvgIpc) is 3.10. The molecule has 1 aliphatic rings. The maximum absolute atomic E-state index is 12.5. The Bertz CT molecular complexity index is 1070. The number of carbonyl (C=O) groups is 2. The van der Waals surface area contributed by atoms with Crippen LogP contribution >= 0.6 is 11.3 Å². The van der Waals surface area contributed by atoms with E-state index in [9.17, 15) is 18.0 Å². The lowest BCUT2D eigenvalue weighted by Crippen LogP contribution is -2.41. The quantitative estimate of drug-likeness (QED) is 0.642. The number of hydrogen-bond acceptors (Lipinski definition) is 5. The Labute approximate surface area is 174 Å². The van der Waals surface area contributed by atoms with Crippen LogP contribution in [0.5, 0.6) is 0 Å². The maximum Gasteiger partial charge on any atom is 0.279 e. The van der Waals surface area contributed by atoms with Gasteiger partial charge >= 0.3 is 0 Å². The van der Waals surface area contributed by atoms with Crippen molar-refractivity contribution in [1.82, 2.24) is 15.6 Å². The first-order valence-electron chi connectivity index (χ1n) is 9.39. The molecule has 1 heterocycles. The van der Waals surface area contributed by atoms with E-state index in [2.05, 4.69) is 22.5 Å². The zero-order valence-electron chi connectivity index (χ0n) is 16.9. The molecule has 29 heavy (non-hydrogen) atoms. The standard InChI is InChI=1S/C20H25N3O4S2/c1-11-5-6-16-14(7-11)9-17(28-16)20(25)23-22-19(24)15-8-12(2)13(3)18(10-15)29(26,27)21-4/h8-11,21H,5-7H2,1-4H3,(H,22,24)(H,23,25). The van der Waals surface area contributed by atoms with Gasteiger partial charge in [0.25, 0.3) is 11.8 Å². The number of sulfonamides is 1. The lowest BCUT2D eigenvalue weighted by Gasteiger charge is -2.16. The van der Waals surface area contributed by atoms with E-state index in [4.69, 9.17) is 0 Å². The van der Waals surface area contributed by atoms with E-state index in [1.165, 1.54) is 34.9 Å². The number of benzene rings is 1. The molecule has 7 nitrogen and oxygen atoms in total. The van der Waals surface area contributed by atoms with E-state index < -0.39 is 15.9 Å². The molecule has 1 aromatic carbocycles. The van der Waals surface area contributed by atoms with Crippen LogP contribution in [0.25, 0.3) is 0 Å². The van der Waals surface area contributed by atoms with Crippen LogP contribution < -0.4 is 15.6 Å². The van der Waals surface area contributed by atoms with Crippen LogP contribution in [0, 0.1) is 19.8 Å². The maximum atomic E-state index is 12.5. The van der Waals surface area contributed by atoms with Gasteiger partial charge in [0.2, 0.25) is 10.0 Å². The molecule has 2 amide bonds. The predicted octanol–water partition coefficient (Wildman–Crippen LogP) is 2.47. The van der Waals surface area contributed by atoms with Crippen molar-refractivity contribution >= 4 is 33.2 Å². The minimum atomic E-state index is -3.70. The first-order valence-corrected chi connectivity index (χ1v) is 11.7. The van der Waals surface area contributed by atoms with Crippen molar-refractivity contribution in [1.29, 1.82) is 0 Å². The summed E-state index contributed by atoms with van der Waals surface area (Å²) in [5.41, 5.74) is 7.41. The Morgan fingerprint density at radius 2 is 1.79 bits per heavy atom. The molecule has 0 fully saturated rings. The zero-order chi connectivity index (χ0) is 21.3. The molecule has 1 atom stereocenters. The summed E-state index contributed by atoms with van der Waals surface area (Å²) in [6.45, 7) is 5.62. The molecule has 3 rings (SSSR count). The second-order valence-corrected chi connectivity index (χ2v) is 10.4. The highest BCUT2D eigenvalue weighted by atomic mass is 32.2. The Morgan fingerprint density at radius 1 is 1.10 bits per heavy atom. The Kier molecular flexibility index (Phi) is 6.11. The van der Waals surface area contributed by atoms with Gasteiger partial charge in [-0.2, -0.15) is 0 Å². The minimum absolute atomic E-state index is 0.0385. The first kappa shape index (κ1) is 21.5. The van der Waals surface area contributed by atoms with Crippen LogP contribution in [0.15, 0.2) is 23.1 Å². The van der Waals surface area contributed by atoms with Crippen molar-refractivity contribution in [3.63, 3.8) is 0 Å². The van der Waals surface area contributed by atoms with Gasteiger partial charge in [-0.05, 0) is 81.0 Å². The molecule has 0 spiro atoms. The number of thiophene rings is 1. The fourth-order valence-corrected chi connectivity index (χ4v) is 5.58. The number of amides is 2. The zero-order valence-corrected chi connectivity index (χ0v) is 18.5. The smallest absolute Gasteiger partial charge is 0.267 e. The van der Waals surface area contributed by atoms with Gasteiger partial charge in [0.15, 0.2) is 0 Å². The number of aryl methyl sites for hydroxylation is 2. The summed E-state index contributed by atoms with van der Waals surface area (Å²) in [6, 6.07) is 4.79. The normalized spacial score (nSPS) is 16.2. The molecule has 2 aromatic rings. The van der Waals surface area contributed by atoms with Crippen LogP contribution in [0.2, 0.25) is 0 Å². The molecule has 9 heteroatoms. The number of rotatable bonds is 4.